The molecule has 0 spiro atoms. The van der Waals surface area contributed by atoms with Gasteiger partial charge in [-0.05, 0) is 0 Å². The van der Waals surface area contributed by atoms with Gasteiger partial charge in [-0.1, -0.05) is 0 Å². The van der Waals surface area contributed by atoms with E-state index in [-0.39, 0.29) is 5.75 Å². The fourth-order valence-electron chi connectivity index (χ4n) is 1.62. The Morgan fingerprint density at radius 2 is 2.24 bits per heavy atom. The van der Waals surface area contributed by atoms with Crippen molar-refractivity contribution in [2.45, 2.75) is 26.4 Å². The van der Waals surface area contributed by atoms with Crippen LogP contribution in [0.5, 0.6) is 0 Å². The van der Waals surface area contributed by atoms with E-state index in [1.807, 2.05) is 28.5 Å². The SMILES string of the molecule is COCCn1cc[n+](CCCS(=O)(=O)O)c1C. The molecule has 0 atom stereocenters. The highest BCUT2D eigenvalue weighted by molar-refractivity contribution is 7.85. The molecule has 1 N–H and O–H groups in total. The minimum Gasteiger partial charge on any atom is -0.381 e. The summed E-state index contributed by atoms with van der Waals surface area (Å²) in [7, 11) is -2.20. The van der Waals surface area contributed by atoms with E-state index in [0.717, 1.165) is 12.4 Å². The lowest BCUT2D eigenvalue weighted by atomic mass is 10.4. The van der Waals surface area contributed by atoms with Gasteiger partial charge in [0, 0.05) is 20.5 Å². The molecule has 0 bridgehead atoms. The highest BCUT2D eigenvalue weighted by Crippen LogP contribution is 1.96. The molecule has 0 aromatic carbocycles. The molecule has 0 saturated heterocycles. The van der Waals surface area contributed by atoms with E-state index < -0.39 is 10.1 Å². The van der Waals surface area contributed by atoms with Crippen molar-refractivity contribution in [2.24, 2.45) is 0 Å². The largest absolute Gasteiger partial charge is 0.381 e. The minimum atomic E-state index is -3.85. The van der Waals surface area contributed by atoms with Crippen LogP contribution in [0.4, 0.5) is 0 Å². The summed E-state index contributed by atoms with van der Waals surface area (Å²) >= 11 is 0. The van der Waals surface area contributed by atoms with Crippen molar-refractivity contribution in [1.29, 1.82) is 0 Å². The van der Waals surface area contributed by atoms with Gasteiger partial charge in [0.25, 0.3) is 15.9 Å². The number of aromatic nitrogens is 2. The van der Waals surface area contributed by atoms with Gasteiger partial charge in [0.15, 0.2) is 0 Å². The van der Waals surface area contributed by atoms with Gasteiger partial charge in [0.2, 0.25) is 0 Å². The van der Waals surface area contributed by atoms with E-state index in [9.17, 15) is 8.42 Å². The zero-order valence-corrected chi connectivity index (χ0v) is 11.0. The van der Waals surface area contributed by atoms with Crippen LogP contribution >= 0.6 is 0 Å². The van der Waals surface area contributed by atoms with Crippen LogP contribution in [0.25, 0.3) is 0 Å². The Labute approximate surface area is 102 Å². The molecule has 98 valence electrons. The molecule has 0 radical (unpaired) electrons. The molecule has 0 unspecified atom stereocenters. The lowest BCUT2D eigenvalue weighted by Gasteiger charge is -2.00. The molecule has 0 amide bonds. The number of hydrogen-bond donors (Lipinski definition) is 1. The van der Waals surface area contributed by atoms with Gasteiger partial charge in [-0.15, -0.1) is 0 Å². The number of imidazole rings is 1. The van der Waals surface area contributed by atoms with Crippen molar-refractivity contribution in [3.8, 4) is 0 Å². The Morgan fingerprint density at radius 1 is 1.53 bits per heavy atom. The normalized spacial score (nSPS) is 11.9. The summed E-state index contributed by atoms with van der Waals surface area (Å²) in [6.07, 6.45) is 4.23. The minimum absolute atomic E-state index is 0.206. The smallest absolute Gasteiger partial charge is 0.265 e. The van der Waals surface area contributed by atoms with E-state index in [0.29, 0.717) is 19.6 Å². The summed E-state index contributed by atoms with van der Waals surface area (Å²) in [6.45, 7) is 3.95. The van der Waals surface area contributed by atoms with Crippen LogP contribution in [0.15, 0.2) is 12.4 Å². The maximum Gasteiger partial charge on any atom is 0.265 e. The first-order chi connectivity index (χ1) is 7.94. The van der Waals surface area contributed by atoms with Gasteiger partial charge in [0.05, 0.1) is 18.9 Å². The summed E-state index contributed by atoms with van der Waals surface area (Å²) < 4.78 is 38.8. The first-order valence-electron chi connectivity index (χ1n) is 5.43. The van der Waals surface area contributed by atoms with Crippen LogP contribution in [0.1, 0.15) is 12.2 Å². The molecule has 0 aliphatic rings. The Bertz CT molecular complexity index is 453. The average Bonchev–Trinajstić information content (AvgIpc) is 2.56. The van der Waals surface area contributed by atoms with Crippen LogP contribution in [0, 0.1) is 6.92 Å². The van der Waals surface area contributed by atoms with Gasteiger partial charge < -0.3 is 4.74 Å². The predicted molar refractivity (Wildman–Crippen MR) is 62.3 cm³/mol. The third kappa shape index (κ3) is 4.84. The van der Waals surface area contributed by atoms with Crippen LogP contribution in [-0.2, 0) is 27.9 Å². The van der Waals surface area contributed by atoms with Crippen LogP contribution in [-0.4, -0.2) is 37.0 Å². The lowest BCUT2D eigenvalue weighted by Crippen LogP contribution is -2.36. The second kappa shape index (κ2) is 6.13. The standard InChI is InChI=1S/C10H18N2O4S/c1-10-11(4-3-9-17(13,14)15)5-6-12(10)7-8-16-2/h5-6H,3-4,7-9H2,1-2H3/p+1. The maximum absolute atomic E-state index is 10.6. The molecule has 1 aromatic heterocycles. The molecule has 0 aliphatic heterocycles. The highest BCUT2D eigenvalue weighted by atomic mass is 32.2. The van der Waals surface area contributed by atoms with Crippen molar-refractivity contribution in [3.05, 3.63) is 18.2 Å². The second-order valence-electron chi connectivity index (χ2n) is 3.86. The van der Waals surface area contributed by atoms with E-state index in [4.69, 9.17) is 9.29 Å². The van der Waals surface area contributed by atoms with Crippen molar-refractivity contribution < 1.29 is 22.3 Å². The van der Waals surface area contributed by atoms with Gasteiger partial charge in [0.1, 0.15) is 18.9 Å². The third-order valence-electron chi connectivity index (χ3n) is 2.60. The van der Waals surface area contributed by atoms with Crippen molar-refractivity contribution in [2.75, 3.05) is 19.5 Å². The summed E-state index contributed by atoms with van der Waals surface area (Å²) in [6, 6.07) is 0. The highest BCUT2D eigenvalue weighted by Gasteiger charge is 2.12. The fraction of sp³-hybridized carbons (Fsp3) is 0.700. The van der Waals surface area contributed by atoms with Gasteiger partial charge in [-0.25, -0.2) is 9.13 Å². The van der Waals surface area contributed by atoms with E-state index in [2.05, 4.69) is 0 Å². The Kier molecular flexibility index (Phi) is 5.10. The van der Waals surface area contributed by atoms with Gasteiger partial charge in [-0.3, -0.25) is 4.55 Å². The first kappa shape index (κ1) is 14.1. The molecule has 6 nitrogen and oxygen atoms in total. The van der Waals surface area contributed by atoms with Crippen LogP contribution in [0.3, 0.4) is 0 Å². The second-order valence-corrected chi connectivity index (χ2v) is 5.44. The molecule has 17 heavy (non-hydrogen) atoms. The molecule has 0 aliphatic carbocycles. The molecule has 0 saturated carbocycles. The predicted octanol–water partition coefficient (Wildman–Crippen LogP) is 0.00832. The van der Waals surface area contributed by atoms with Crippen LogP contribution < -0.4 is 4.57 Å². The zero-order chi connectivity index (χ0) is 12.9. The van der Waals surface area contributed by atoms with E-state index in [1.54, 1.807) is 7.11 Å². The average molecular weight is 263 g/mol. The molecule has 1 heterocycles. The summed E-state index contributed by atoms with van der Waals surface area (Å²) in [4.78, 5) is 0. The number of hydrogen-bond acceptors (Lipinski definition) is 3. The number of methoxy groups -OCH3 is 1. The lowest BCUT2D eigenvalue weighted by molar-refractivity contribution is -0.702. The third-order valence-corrected chi connectivity index (χ3v) is 3.40. The fourth-order valence-corrected chi connectivity index (χ4v) is 2.12. The van der Waals surface area contributed by atoms with Crippen LogP contribution in [0.2, 0.25) is 0 Å². The van der Waals surface area contributed by atoms with Crippen molar-refractivity contribution in [3.63, 3.8) is 0 Å². The van der Waals surface area contributed by atoms with Gasteiger partial charge in [-0.2, -0.15) is 8.42 Å². The summed E-state index contributed by atoms with van der Waals surface area (Å²) in [5, 5.41) is 0. The molecule has 1 aromatic rings. The van der Waals surface area contributed by atoms with Crippen molar-refractivity contribution >= 4 is 10.1 Å². The number of rotatable bonds is 7. The Morgan fingerprint density at radius 3 is 2.82 bits per heavy atom. The molecular weight excluding hydrogens is 244 g/mol. The van der Waals surface area contributed by atoms with E-state index >= 15 is 0 Å². The molecule has 7 heteroatoms. The number of aryl methyl sites for hydroxylation is 1. The van der Waals surface area contributed by atoms with Gasteiger partial charge >= 0.3 is 0 Å². The van der Waals surface area contributed by atoms with Crippen molar-refractivity contribution in [1.82, 2.24) is 4.57 Å². The quantitative estimate of drug-likeness (QED) is 0.555. The maximum atomic E-state index is 10.6. The summed E-state index contributed by atoms with van der Waals surface area (Å²) in [5.74, 6) is 0.834. The van der Waals surface area contributed by atoms with E-state index in [1.165, 1.54) is 0 Å². The Balaban J connectivity index is 2.52. The summed E-state index contributed by atoms with van der Waals surface area (Å²) in [5.41, 5.74) is 0. The first-order valence-corrected chi connectivity index (χ1v) is 7.04. The monoisotopic (exact) mass is 263 g/mol. The molecule has 0 fully saturated rings. The number of ether oxygens (including phenoxy) is 1. The topological polar surface area (TPSA) is 72.4 Å². The zero-order valence-electron chi connectivity index (χ0n) is 10.2. The molecular formula is C10H19N2O4S+. The molecule has 1 rings (SSSR count). The Hall–Kier alpha value is -0.920. The number of nitrogens with zero attached hydrogens (tertiary/aromatic N) is 2.